The quantitative estimate of drug-likeness (QED) is 0.729. The standard InChI is InChI=1S/C9H15N3O2/c1-9(13-3,14-4)7-5-6-11-8(10-2)12-7/h5-6H,1-4H3,(H,10,11,12). The Kier molecular flexibility index (Phi) is 3.38. The zero-order chi connectivity index (χ0) is 10.6. The first kappa shape index (κ1) is 10.9. The Balaban J connectivity index is 3.04. The molecule has 1 rings (SSSR count). The van der Waals surface area contributed by atoms with Gasteiger partial charge in [0.05, 0.1) is 0 Å². The minimum atomic E-state index is -0.825. The van der Waals surface area contributed by atoms with E-state index in [4.69, 9.17) is 9.47 Å². The second-order valence-electron chi connectivity index (χ2n) is 2.87. The molecule has 14 heavy (non-hydrogen) atoms. The van der Waals surface area contributed by atoms with Crippen LogP contribution in [0.2, 0.25) is 0 Å². The van der Waals surface area contributed by atoms with Crippen LogP contribution in [-0.4, -0.2) is 31.2 Å². The van der Waals surface area contributed by atoms with Crippen LogP contribution < -0.4 is 5.32 Å². The number of hydrogen-bond donors (Lipinski definition) is 1. The monoisotopic (exact) mass is 197 g/mol. The average Bonchev–Trinajstić information content (AvgIpc) is 2.28. The molecule has 0 atom stereocenters. The van der Waals surface area contributed by atoms with Gasteiger partial charge in [0.1, 0.15) is 5.69 Å². The van der Waals surface area contributed by atoms with E-state index in [0.29, 0.717) is 11.6 Å². The summed E-state index contributed by atoms with van der Waals surface area (Å²) in [5, 5.41) is 2.85. The molecule has 0 aliphatic rings. The van der Waals surface area contributed by atoms with Gasteiger partial charge in [0.2, 0.25) is 11.7 Å². The Labute approximate surface area is 83.5 Å². The highest BCUT2D eigenvalue weighted by Crippen LogP contribution is 2.23. The van der Waals surface area contributed by atoms with E-state index in [-0.39, 0.29) is 0 Å². The lowest BCUT2D eigenvalue weighted by molar-refractivity contribution is -0.204. The molecule has 5 heteroatoms. The maximum atomic E-state index is 5.23. The molecule has 5 nitrogen and oxygen atoms in total. The van der Waals surface area contributed by atoms with Crippen LogP contribution in [-0.2, 0) is 15.3 Å². The number of rotatable bonds is 4. The van der Waals surface area contributed by atoms with E-state index in [1.54, 1.807) is 40.5 Å². The van der Waals surface area contributed by atoms with Gasteiger partial charge in [-0.25, -0.2) is 9.97 Å². The number of ether oxygens (including phenoxy) is 2. The smallest absolute Gasteiger partial charge is 0.222 e. The van der Waals surface area contributed by atoms with Crippen molar-refractivity contribution >= 4 is 5.95 Å². The summed E-state index contributed by atoms with van der Waals surface area (Å²) in [5.74, 6) is -0.281. The zero-order valence-electron chi connectivity index (χ0n) is 8.87. The van der Waals surface area contributed by atoms with Gasteiger partial charge in [-0.3, -0.25) is 0 Å². The maximum absolute atomic E-state index is 5.23. The molecule has 1 aromatic heterocycles. The van der Waals surface area contributed by atoms with Crippen molar-refractivity contribution in [2.24, 2.45) is 0 Å². The molecule has 0 fully saturated rings. The zero-order valence-corrected chi connectivity index (χ0v) is 8.87. The summed E-state index contributed by atoms with van der Waals surface area (Å²) in [6, 6.07) is 1.76. The molecule has 0 radical (unpaired) electrons. The summed E-state index contributed by atoms with van der Waals surface area (Å²) in [6.07, 6.45) is 1.66. The molecule has 0 saturated heterocycles. The van der Waals surface area contributed by atoms with Crippen molar-refractivity contribution in [3.05, 3.63) is 18.0 Å². The molecule has 78 valence electrons. The number of nitrogens with one attached hydrogen (secondary N) is 1. The van der Waals surface area contributed by atoms with Gasteiger partial charge >= 0.3 is 0 Å². The Morgan fingerprint density at radius 3 is 2.50 bits per heavy atom. The van der Waals surface area contributed by atoms with Crippen molar-refractivity contribution in [3.8, 4) is 0 Å². The molecule has 0 aromatic carbocycles. The second-order valence-corrected chi connectivity index (χ2v) is 2.87. The van der Waals surface area contributed by atoms with E-state index < -0.39 is 5.79 Å². The molecule has 0 amide bonds. The van der Waals surface area contributed by atoms with Crippen LogP contribution in [0.25, 0.3) is 0 Å². The minimum absolute atomic E-state index is 0.544. The fourth-order valence-electron chi connectivity index (χ4n) is 1.02. The summed E-state index contributed by atoms with van der Waals surface area (Å²) in [7, 11) is 4.91. The first-order valence-electron chi connectivity index (χ1n) is 4.28. The van der Waals surface area contributed by atoms with Crippen LogP contribution >= 0.6 is 0 Å². The molecular weight excluding hydrogens is 182 g/mol. The molecule has 1 heterocycles. The fourth-order valence-corrected chi connectivity index (χ4v) is 1.02. The Morgan fingerprint density at radius 2 is 2.00 bits per heavy atom. The Hall–Kier alpha value is -1.20. The van der Waals surface area contributed by atoms with E-state index in [2.05, 4.69) is 15.3 Å². The highest BCUT2D eigenvalue weighted by atomic mass is 16.7. The lowest BCUT2D eigenvalue weighted by atomic mass is 10.2. The van der Waals surface area contributed by atoms with Crippen LogP contribution in [0.5, 0.6) is 0 Å². The number of nitrogens with zero attached hydrogens (tertiary/aromatic N) is 2. The lowest BCUT2D eigenvalue weighted by Gasteiger charge is -2.25. The van der Waals surface area contributed by atoms with Crippen molar-refractivity contribution in [2.45, 2.75) is 12.7 Å². The molecule has 0 aliphatic heterocycles. The van der Waals surface area contributed by atoms with E-state index in [0.717, 1.165) is 0 Å². The van der Waals surface area contributed by atoms with Gasteiger partial charge in [-0.1, -0.05) is 0 Å². The van der Waals surface area contributed by atoms with Gasteiger partial charge in [0, 0.05) is 27.5 Å². The van der Waals surface area contributed by atoms with Crippen LogP contribution in [0.1, 0.15) is 12.6 Å². The normalized spacial score (nSPS) is 11.4. The van der Waals surface area contributed by atoms with E-state index in [1.807, 2.05) is 0 Å². The van der Waals surface area contributed by atoms with Crippen LogP contribution in [0.15, 0.2) is 12.3 Å². The Morgan fingerprint density at radius 1 is 1.36 bits per heavy atom. The highest BCUT2D eigenvalue weighted by Gasteiger charge is 2.27. The highest BCUT2D eigenvalue weighted by molar-refractivity contribution is 5.25. The van der Waals surface area contributed by atoms with Crippen LogP contribution in [0.3, 0.4) is 0 Å². The SMILES string of the molecule is CNc1nccc(C(C)(OC)OC)n1. The predicted octanol–water partition coefficient (Wildman–Crippen LogP) is 0.984. The molecule has 0 spiro atoms. The first-order chi connectivity index (χ1) is 6.66. The largest absolute Gasteiger partial charge is 0.357 e. The molecule has 1 N–H and O–H groups in total. The third-order valence-electron chi connectivity index (χ3n) is 2.12. The van der Waals surface area contributed by atoms with E-state index >= 15 is 0 Å². The Bertz CT molecular complexity index is 300. The van der Waals surface area contributed by atoms with Gasteiger partial charge in [0.25, 0.3) is 0 Å². The maximum Gasteiger partial charge on any atom is 0.222 e. The van der Waals surface area contributed by atoms with Gasteiger partial charge in [-0.05, 0) is 13.0 Å². The van der Waals surface area contributed by atoms with E-state index in [1.165, 1.54) is 0 Å². The van der Waals surface area contributed by atoms with Gasteiger partial charge in [0.15, 0.2) is 0 Å². The van der Waals surface area contributed by atoms with Crippen LogP contribution in [0, 0.1) is 0 Å². The summed E-state index contributed by atoms with van der Waals surface area (Å²) in [6.45, 7) is 1.80. The fraction of sp³-hybridized carbons (Fsp3) is 0.556. The molecule has 0 unspecified atom stereocenters. The van der Waals surface area contributed by atoms with Gasteiger partial charge in [-0.2, -0.15) is 0 Å². The number of aromatic nitrogens is 2. The average molecular weight is 197 g/mol. The summed E-state index contributed by atoms with van der Waals surface area (Å²) < 4.78 is 10.5. The van der Waals surface area contributed by atoms with Crippen LogP contribution in [0.4, 0.5) is 5.95 Å². The number of methoxy groups -OCH3 is 2. The van der Waals surface area contributed by atoms with Crippen molar-refractivity contribution in [2.75, 3.05) is 26.6 Å². The van der Waals surface area contributed by atoms with Gasteiger partial charge in [-0.15, -0.1) is 0 Å². The van der Waals surface area contributed by atoms with Crippen molar-refractivity contribution in [1.82, 2.24) is 9.97 Å². The predicted molar refractivity (Wildman–Crippen MR) is 52.9 cm³/mol. The minimum Gasteiger partial charge on any atom is -0.357 e. The number of hydrogen-bond acceptors (Lipinski definition) is 5. The molecule has 0 saturated carbocycles. The number of anilines is 1. The van der Waals surface area contributed by atoms with Crippen molar-refractivity contribution < 1.29 is 9.47 Å². The summed E-state index contributed by atoms with van der Waals surface area (Å²) >= 11 is 0. The summed E-state index contributed by atoms with van der Waals surface area (Å²) in [4.78, 5) is 8.24. The molecule has 1 aromatic rings. The topological polar surface area (TPSA) is 56.3 Å². The van der Waals surface area contributed by atoms with E-state index in [9.17, 15) is 0 Å². The third-order valence-corrected chi connectivity index (χ3v) is 2.12. The first-order valence-corrected chi connectivity index (χ1v) is 4.28. The second kappa shape index (κ2) is 4.34. The molecule has 0 bridgehead atoms. The third kappa shape index (κ3) is 2.00. The lowest BCUT2D eigenvalue weighted by Crippen LogP contribution is -2.28. The van der Waals surface area contributed by atoms with Crippen molar-refractivity contribution in [3.63, 3.8) is 0 Å². The molecule has 0 aliphatic carbocycles. The summed E-state index contributed by atoms with van der Waals surface area (Å²) in [5.41, 5.74) is 0.682. The van der Waals surface area contributed by atoms with Gasteiger partial charge < -0.3 is 14.8 Å². The van der Waals surface area contributed by atoms with Crippen molar-refractivity contribution in [1.29, 1.82) is 0 Å². The molecular formula is C9H15N3O2.